The molecule has 1 fully saturated rings. The zero-order valence-corrected chi connectivity index (χ0v) is 15.3. The van der Waals surface area contributed by atoms with Crippen LogP contribution >= 0.6 is 0 Å². The molecule has 2 aromatic rings. The van der Waals surface area contributed by atoms with Gasteiger partial charge in [-0.05, 0) is 18.0 Å². The summed E-state index contributed by atoms with van der Waals surface area (Å²) in [5.74, 6) is 1.61. The molecule has 0 spiro atoms. The quantitative estimate of drug-likeness (QED) is 0.740. The lowest BCUT2D eigenvalue weighted by Crippen LogP contribution is -2.44. The molecule has 1 saturated heterocycles. The molecule has 138 valence electrons. The van der Waals surface area contributed by atoms with Gasteiger partial charge < -0.3 is 14.3 Å². The summed E-state index contributed by atoms with van der Waals surface area (Å²) in [5, 5.41) is 13.3. The van der Waals surface area contributed by atoms with Crippen LogP contribution in [-0.4, -0.2) is 46.5 Å². The van der Waals surface area contributed by atoms with Crippen LogP contribution in [0.5, 0.6) is 0 Å². The van der Waals surface area contributed by atoms with Crippen LogP contribution in [0.2, 0.25) is 0 Å². The van der Waals surface area contributed by atoms with Crippen molar-refractivity contribution in [2.24, 2.45) is 14.1 Å². The molecule has 26 heavy (non-hydrogen) atoms. The standard InChI is InChI=1S/C16H21N7O3/c1-20(2)15-18-12(26-19-15)10-5-7-23(8-6-10)13-11(9-17)14(24)22(4)16(25)21(13)3/h10H,5-8H2,1-4H3. The Bertz CT molecular complexity index is 971. The third-order valence-corrected chi connectivity index (χ3v) is 4.72. The predicted octanol–water partition coefficient (Wildman–Crippen LogP) is -0.211. The van der Waals surface area contributed by atoms with Gasteiger partial charge in [-0.3, -0.25) is 13.9 Å². The van der Waals surface area contributed by atoms with Gasteiger partial charge in [-0.2, -0.15) is 10.2 Å². The molecule has 0 saturated carbocycles. The minimum atomic E-state index is -0.569. The zero-order valence-electron chi connectivity index (χ0n) is 15.3. The number of hydrogen-bond acceptors (Lipinski definition) is 8. The van der Waals surface area contributed by atoms with E-state index in [-0.39, 0.29) is 11.5 Å². The normalized spacial score (nSPS) is 15.1. The fraction of sp³-hybridized carbons (Fsp3) is 0.562. The average Bonchev–Trinajstić information content (AvgIpc) is 3.13. The lowest BCUT2D eigenvalue weighted by Gasteiger charge is -2.33. The number of nitriles is 1. The van der Waals surface area contributed by atoms with E-state index in [0.29, 0.717) is 30.7 Å². The van der Waals surface area contributed by atoms with Crippen molar-refractivity contribution in [2.45, 2.75) is 18.8 Å². The Morgan fingerprint density at radius 1 is 1.19 bits per heavy atom. The number of nitrogens with zero attached hydrogens (tertiary/aromatic N) is 7. The van der Waals surface area contributed by atoms with E-state index in [0.717, 1.165) is 17.4 Å². The molecule has 1 aliphatic rings. The molecule has 3 heterocycles. The van der Waals surface area contributed by atoms with E-state index in [1.54, 1.807) is 11.9 Å². The maximum atomic E-state index is 12.3. The number of rotatable bonds is 3. The molecule has 10 nitrogen and oxygen atoms in total. The molecule has 0 atom stereocenters. The summed E-state index contributed by atoms with van der Waals surface area (Å²) in [6, 6.07) is 1.95. The summed E-state index contributed by atoms with van der Waals surface area (Å²) in [5.41, 5.74) is -1.03. The second-order valence-electron chi connectivity index (χ2n) is 6.60. The number of piperidine rings is 1. The Morgan fingerprint density at radius 2 is 1.85 bits per heavy atom. The summed E-state index contributed by atoms with van der Waals surface area (Å²) in [6.45, 7) is 1.17. The minimum Gasteiger partial charge on any atom is -0.357 e. The van der Waals surface area contributed by atoms with Crippen LogP contribution in [0.25, 0.3) is 0 Å². The van der Waals surface area contributed by atoms with Crippen LogP contribution in [0.1, 0.15) is 30.2 Å². The van der Waals surface area contributed by atoms with Gasteiger partial charge in [0, 0.05) is 47.2 Å². The Labute approximate surface area is 149 Å². The third kappa shape index (κ3) is 2.85. The molecule has 10 heteroatoms. The van der Waals surface area contributed by atoms with E-state index in [1.807, 2.05) is 25.1 Å². The summed E-state index contributed by atoms with van der Waals surface area (Å²) >= 11 is 0. The first kappa shape index (κ1) is 17.7. The summed E-state index contributed by atoms with van der Waals surface area (Å²) in [4.78, 5) is 32.5. The number of anilines is 2. The van der Waals surface area contributed by atoms with E-state index < -0.39 is 11.2 Å². The minimum absolute atomic E-state index is 0.0132. The van der Waals surface area contributed by atoms with Crippen molar-refractivity contribution in [2.75, 3.05) is 37.0 Å². The van der Waals surface area contributed by atoms with Gasteiger partial charge in [0.15, 0.2) is 5.56 Å². The summed E-state index contributed by atoms with van der Waals surface area (Å²) < 4.78 is 7.66. The van der Waals surface area contributed by atoms with Gasteiger partial charge in [0.1, 0.15) is 11.9 Å². The summed E-state index contributed by atoms with van der Waals surface area (Å²) in [7, 11) is 6.64. The van der Waals surface area contributed by atoms with Crippen LogP contribution in [0, 0.1) is 11.3 Å². The topological polar surface area (TPSA) is 113 Å². The largest absolute Gasteiger partial charge is 0.357 e. The van der Waals surface area contributed by atoms with Crippen LogP contribution in [-0.2, 0) is 14.1 Å². The van der Waals surface area contributed by atoms with E-state index in [1.165, 1.54) is 11.6 Å². The highest BCUT2D eigenvalue weighted by atomic mass is 16.5. The molecule has 3 rings (SSSR count). The average molecular weight is 359 g/mol. The van der Waals surface area contributed by atoms with Crippen LogP contribution < -0.4 is 21.0 Å². The smallest absolute Gasteiger partial charge is 0.332 e. The molecule has 0 aliphatic carbocycles. The van der Waals surface area contributed by atoms with Gasteiger partial charge in [-0.25, -0.2) is 4.79 Å². The molecule has 0 unspecified atom stereocenters. The van der Waals surface area contributed by atoms with Crippen molar-refractivity contribution in [1.29, 1.82) is 5.26 Å². The van der Waals surface area contributed by atoms with Gasteiger partial charge in [0.2, 0.25) is 5.89 Å². The van der Waals surface area contributed by atoms with Gasteiger partial charge in [-0.1, -0.05) is 0 Å². The number of aromatic nitrogens is 4. The van der Waals surface area contributed by atoms with Crippen molar-refractivity contribution in [3.05, 3.63) is 32.3 Å². The van der Waals surface area contributed by atoms with Crippen LogP contribution in [0.15, 0.2) is 14.1 Å². The molecule has 0 radical (unpaired) electrons. The maximum Gasteiger partial charge on any atom is 0.332 e. The van der Waals surface area contributed by atoms with Crippen molar-refractivity contribution in [3.8, 4) is 6.07 Å². The predicted molar refractivity (Wildman–Crippen MR) is 94.5 cm³/mol. The SMILES string of the molecule is CN(C)c1noc(C2CCN(c3c(C#N)c(=O)n(C)c(=O)n3C)CC2)n1. The molecule has 1 aliphatic heterocycles. The second-order valence-corrected chi connectivity index (χ2v) is 6.60. The monoisotopic (exact) mass is 359 g/mol. The molecular weight excluding hydrogens is 338 g/mol. The molecule has 0 bridgehead atoms. The van der Waals surface area contributed by atoms with Crippen LogP contribution in [0.3, 0.4) is 0 Å². The van der Waals surface area contributed by atoms with Crippen molar-refractivity contribution in [3.63, 3.8) is 0 Å². The molecule has 0 N–H and O–H groups in total. The Hall–Kier alpha value is -3.09. The van der Waals surface area contributed by atoms with Gasteiger partial charge in [0.25, 0.3) is 11.5 Å². The highest BCUT2D eigenvalue weighted by Crippen LogP contribution is 2.30. The van der Waals surface area contributed by atoms with Gasteiger partial charge >= 0.3 is 5.69 Å². The fourth-order valence-electron chi connectivity index (χ4n) is 3.21. The van der Waals surface area contributed by atoms with Crippen molar-refractivity contribution >= 4 is 11.8 Å². The van der Waals surface area contributed by atoms with E-state index >= 15 is 0 Å². The van der Waals surface area contributed by atoms with Crippen molar-refractivity contribution in [1.82, 2.24) is 19.3 Å². The second kappa shape index (κ2) is 6.67. The molecular formula is C16H21N7O3. The molecule has 0 aromatic carbocycles. The molecule has 2 aromatic heterocycles. The Morgan fingerprint density at radius 3 is 2.38 bits per heavy atom. The highest BCUT2D eigenvalue weighted by Gasteiger charge is 2.29. The number of hydrogen-bond donors (Lipinski definition) is 0. The lowest BCUT2D eigenvalue weighted by molar-refractivity contribution is 0.328. The molecule has 0 amide bonds. The first-order valence-electron chi connectivity index (χ1n) is 8.31. The van der Waals surface area contributed by atoms with Gasteiger partial charge in [-0.15, -0.1) is 0 Å². The van der Waals surface area contributed by atoms with Crippen LogP contribution in [0.4, 0.5) is 11.8 Å². The van der Waals surface area contributed by atoms with Gasteiger partial charge in [0.05, 0.1) is 0 Å². The lowest BCUT2D eigenvalue weighted by atomic mass is 9.96. The first-order valence-corrected chi connectivity index (χ1v) is 8.31. The summed E-state index contributed by atoms with van der Waals surface area (Å²) in [6.07, 6.45) is 1.45. The Balaban J connectivity index is 1.86. The van der Waals surface area contributed by atoms with E-state index in [9.17, 15) is 14.9 Å². The zero-order chi connectivity index (χ0) is 19.0. The van der Waals surface area contributed by atoms with Crippen molar-refractivity contribution < 1.29 is 4.52 Å². The van der Waals surface area contributed by atoms with E-state index in [2.05, 4.69) is 10.1 Å². The van der Waals surface area contributed by atoms with E-state index in [4.69, 9.17) is 4.52 Å². The maximum absolute atomic E-state index is 12.3. The Kier molecular flexibility index (Phi) is 4.54. The fourth-order valence-corrected chi connectivity index (χ4v) is 3.21. The third-order valence-electron chi connectivity index (χ3n) is 4.72. The highest BCUT2D eigenvalue weighted by molar-refractivity contribution is 5.53. The first-order chi connectivity index (χ1) is 12.3.